The largest absolute Gasteiger partial charge is 0.416 e. The van der Waals surface area contributed by atoms with E-state index < -0.39 is 35.2 Å². The summed E-state index contributed by atoms with van der Waals surface area (Å²) in [5.41, 5.74) is -0.562. The highest BCUT2D eigenvalue weighted by Crippen LogP contribution is 2.35. The van der Waals surface area contributed by atoms with Gasteiger partial charge in [0.1, 0.15) is 5.69 Å². The smallest absolute Gasteiger partial charge is 0.324 e. The average Bonchev–Trinajstić information content (AvgIpc) is 3.01. The molecule has 0 radical (unpaired) electrons. The second-order valence-corrected chi connectivity index (χ2v) is 6.63. The third kappa shape index (κ3) is 4.74. The molecule has 1 amide bonds. The van der Waals surface area contributed by atoms with Crippen molar-refractivity contribution >= 4 is 45.7 Å². The average molecular weight is 440 g/mol. The van der Waals surface area contributed by atoms with Crippen LogP contribution in [-0.4, -0.2) is 27.7 Å². The zero-order valence-electron chi connectivity index (χ0n) is 15.2. The van der Waals surface area contributed by atoms with Gasteiger partial charge in [0.25, 0.3) is 5.91 Å². The molecule has 0 bridgehead atoms. The molecule has 12 heteroatoms. The fraction of sp³-hybridized carbons (Fsp3) is 0.167. The summed E-state index contributed by atoms with van der Waals surface area (Å²) in [7, 11) is 0. The number of aromatic nitrogens is 2. The summed E-state index contributed by atoms with van der Waals surface area (Å²) in [5, 5.41) is 9.48. The number of amides is 1. The Bertz CT molecular complexity index is 1220. The van der Waals surface area contributed by atoms with Gasteiger partial charge in [0, 0.05) is 5.69 Å². The number of hydrogen-bond acceptors (Lipinski definition) is 5. The second-order valence-electron chi connectivity index (χ2n) is 6.22. The van der Waals surface area contributed by atoms with Crippen LogP contribution in [0.1, 0.15) is 12.5 Å². The first-order chi connectivity index (χ1) is 14.0. The maximum atomic E-state index is 12.9. The minimum Gasteiger partial charge on any atom is -0.324 e. The van der Waals surface area contributed by atoms with Crippen molar-refractivity contribution in [2.45, 2.75) is 19.1 Å². The van der Waals surface area contributed by atoms with Gasteiger partial charge < -0.3 is 15.3 Å². The number of H-pyrrole nitrogens is 2. The van der Waals surface area contributed by atoms with E-state index in [9.17, 15) is 27.6 Å². The fourth-order valence-electron chi connectivity index (χ4n) is 2.52. The molecule has 0 unspecified atom stereocenters. The molecule has 30 heavy (non-hydrogen) atoms. The number of nitrogens with zero attached hydrogens (tertiary/aromatic N) is 2. The van der Waals surface area contributed by atoms with Crippen LogP contribution in [0, 0.1) is 0 Å². The van der Waals surface area contributed by atoms with E-state index in [4.69, 9.17) is 11.6 Å². The van der Waals surface area contributed by atoms with Gasteiger partial charge in [-0.05, 0) is 43.3 Å². The summed E-state index contributed by atoms with van der Waals surface area (Å²) in [6, 6.07) is 5.31. The van der Waals surface area contributed by atoms with Crippen LogP contribution in [0.4, 0.5) is 24.5 Å². The van der Waals surface area contributed by atoms with E-state index in [1.165, 1.54) is 18.2 Å². The molecule has 0 aliphatic heterocycles. The van der Waals surface area contributed by atoms with Crippen LogP contribution in [-0.2, 0) is 15.8 Å². The summed E-state index contributed by atoms with van der Waals surface area (Å²) in [6.07, 6.45) is -4.62. The number of ketones is 1. The number of imidazole rings is 1. The van der Waals surface area contributed by atoms with Crippen molar-refractivity contribution < 1.29 is 22.8 Å². The monoisotopic (exact) mass is 439 g/mol. The Kier molecular flexibility index (Phi) is 5.74. The molecular formula is C18H13ClF3N5O3. The highest BCUT2D eigenvalue weighted by molar-refractivity contribution is 6.33. The predicted molar refractivity (Wildman–Crippen MR) is 103 cm³/mol. The SMILES string of the molecule is CC(=O)[C@@H](N=Nc1cc(C(F)(F)F)ccc1Cl)C(=O)Nc1ccc2[nH]c(=O)[nH]c2c1. The first-order valence-electron chi connectivity index (χ1n) is 8.35. The predicted octanol–water partition coefficient (Wildman–Crippen LogP) is 4.21. The number of hydrogen-bond donors (Lipinski definition) is 3. The number of benzene rings is 2. The summed E-state index contributed by atoms with van der Waals surface area (Å²) >= 11 is 5.84. The molecule has 0 spiro atoms. The maximum absolute atomic E-state index is 12.9. The zero-order chi connectivity index (χ0) is 22.1. The van der Waals surface area contributed by atoms with E-state index >= 15 is 0 Å². The topological polar surface area (TPSA) is 120 Å². The Balaban J connectivity index is 1.83. The van der Waals surface area contributed by atoms with Crippen molar-refractivity contribution in [1.29, 1.82) is 0 Å². The number of azo groups is 1. The van der Waals surface area contributed by atoms with Crippen LogP contribution in [0.25, 0.3) is 11.0 Å². The summed E-state index contributed by atoms with van der Waals surface area (Å²) in [6.45, 7) is 1.09. The number of halogens is 4. The molecule has 0 aliphatic carbocycles. The van der Waals surface area contributed by atoms with Crippen LogP contribution < -0.4 is 11.0 Å². The lowest BCUT2D eigenvalue weighted by Gasteiger charge is -2.10. The standard InChI is InChI=1S/C18H13ClF3N5O3/c1-8(28)15(27-26-13-6-9(18(20,21)22)2-4-11(13)19)16(29)23-10-3-5-12-14(7-10)25-17(30)24-12/h2-7,15H,1H3,(H,23,29)(H2,24,25,30)/t15-/m1/s1. The Hall–Kier alpha value is -3.47. The molecule has 1 atom stereocenters. The van der Waals surface area contributed by atoms with Gasteiger partial charge in [-0.2, -0.15) is 23.4 Å². The molecule has 3 rings (SSSR count). The molecule has 3 N–H and O–H groups in total. The van der Waals surface area contributed by atoms with Crippen molar-refractivity contribution in [2.24, 2.45) is 10.2 Å². The Labute approximate surface area is 171 Å². The van der Waals surface area contributed by atoms with Crippen LogP contribution in [0.5, 0.6) is 0 Å². The molecule has 1 aromatic heterocycles. The van der Waals surface area contributed by atoms with Gasteiger partial charge in [0.05, 0.1) is 21.6 Å². The Morgan fingerprint density at radius 3 is 2.47 bits per heavy atom. The number of alkyl halides is 3. The zero-order valence-corrected chi connectivity index (χ0v) is 15.9. The van der Waals surface area contributed by atoms with Gasteiger partial charge >= 0.3 is 11.9 Å². The van der Waals surface area contributed by atoms with Gasteiger partial charge in [0.15, 0.2) is 5.78 Å². The van der Waals surface area contributed by atoms with Crippen LogP contribution in [0.3, 0.4) is 0 Å². The van der Waals surface area contributed by atoms with Crippen LogP contribution in [0.2, 0.25) is 5.02 Å². The van der Waals surface area contributed by atoms with Crippen molar-refractivity contribution in [3.63, 3.8) is 0 Å². The third-order valence-electron chi connectivity index (χ3n) is 3.97. The second kappa shape index (κ2) is 8.11. The fourth-order valence-corrected chi connectivity index (χ4v) is 2.68. The summed E-state index contributed by atoms with van der Waals surface area (Å²) in [5.74, 6) is -1.54. The lowest BCUT2D eigenvalue weighted by molar-refractivity contribution is -0.137. The van der Waals surface area contributed by atoms with Gasteiger partial charge in [-0.25, -0.2) is 4.79 Å². The first kappa shape index (κ1) is 21.2. The van der Waals surface area contributed by atoms with Crippen molar-refractivity contribution in [1.82, 2.24) is 9.97 Å². The van der Waals surface area contributed by atoms with Crippen LogP contribution in [0.15, 0.2) is 51.4 Å². The molecule has 2 aromatic carbocycles. The molecule has 1 heterocycles. The number of carbonyl (C=O) groups excluding carboxylic acids is 2. The molecule has 3 aromatic rings. The highest BCUT2D eigenvalue weighted by Gasteiger charge is 2.31. The molecule has 0 saturated heterocycles. The van der Waals surface area contributed by atoms with Gasteiger partial charge in [-0.15, -0.1) is 0 Å². The van der Waals surface area contributed by atoms with Gasteiger partial charge in [-0.1, -0.05) is 11.6 Å². The van der Waals surface area contributed by atoms with Crippen molar-refractivity contribution in [3.8, 4) is 0 Å². The number of carbonyl (C=O) groups is 2. The summed E-state index contributed by atoms with van der Waals surface area (Å²) in [4.78, 5) is 40.6. The maximum Gasteiger partial charge on any atom is 0.416 e. The van der Waals surface area contributed by atoms with E-state index in [2.05, 4.69) is 25.5 Å². The molecule has 0 fully saturated rings. The minimum atomic E-state index is -4.62. The van der Waals surface area contributed by atoms with Crippen LogP contribution >= 0.6 is 11.6 Å². The summed E-state index contributed by atoms with van der Waals surface area (Å²) < 4.78 is 38.6. The number of anilines is 1. The van der Waals surface area contributed by atoms with Gasteiger partial charge in [0.2, 0.25) is 6.04 Å². The van der Waals surface area contributed by atoms with E-state index in [0.29, 0.717) is 17.1 Å². The van der Waals surface area contributed by atoms with E-state index in [0.717, 1.165) is 19.1 Å². The molecule has 0 aliphatic rings. The molecule has 156 valence electrons. The van der Waals surface area contributed by atoms with E-state index in [1.807, 2.05) is 0 Å². The molecule has 0 saturated carbocycles. The lowest BCUT2D eigenvalue weighted by Crippen LogP contribution is -2.31. The minimum absolute atomic E-state index is 0.128. The number of fused-ring (bicyclic) bond motifs is 1. The number of Topliss-reactive ketones (excluding diaryl/α,β-unsaturated/α-hetero) is 1. The van der Waals surface area contributed by atoms with E-state index in [1.54, 1.807) is 0 Å². The number of aromatic amines is 2. The third-order valence-corrected chi connectivity index (χ3v) is 4.29. The lowest BCUT2D eigenvalue weighted by atomic mass is 10.2. The van der Waals surface area contributed by atoms with Gasteiger partial charge in [-0.3, -0.25) is 9.59 Å². The Morgan fingerprint density at radius 1 is 1.10 bits per heavy atom. The quantitative estimate of drug-likeness (QED) is 0.408. The highest BCUT2D eigenvalue weighted by atomic mass is 35.5. The number of rotatable bonds is 5. The molecular weight excluding hydrogens is 427 g/mol. The van der Waals surface area contributed by atoms with Crippen molar-refractivity contribution in [2.75, 3.05) is 5.32 Å². The molecule has 8 nitrogen and oxygen atoms in total. The van der Waals surface area contributed by atoms with Crippen molar-refractivity contribution in [3.05, 3.63) is 57.5 Å². The van der Waals surface area contributed by atoms with E-state index in [-0.39, 0.29) is 16.4 Å². The first-order valence-corrected chi connectivity index (χ1v) is 8.73. The number of nitrogens with one attached hydrogen (secondary N) is 3. The Morgan fingerprint density at radius 2 is 1.80 bits per heavy atom. The normalized spacial score (nSPS) is 13.0.